The van der Waals surface area contributed by atoms with Gasteiger partial charge in [0.1, 0.15) is 5.75 Å². The van der Waals surface area contributed by atoms with Crippen LogP contribution in [0.4, 0.5) is 0 Å². The van der Waals surface area contributed by atoms with E-state index >= 15 is 0 Å². The van der Waals surface area contributed by atoms with Crippen LogP contribution in [0.25, 0.3) is 11.3 Å². The molecule has 0 bridgehead atoms. The van der Waals surface area contributed by atoms with Crippen molar-refractivity contribution in [3.05, 3.63) is 78.8 Å². The van der Waals surface area contributed by atoms with Crippen LogP contribution in [-0.4, -0.2) is 30.7 Å². The second-order valence-electron chi connectivity index (χ2n) is 5.91. The van der Waals surface area contributed by atoms with E-state index in [-0.39, 0.29) is 12.3 Å². The molecule has 0 spiro atoms. The van der Waals surface area contributed by atoms with Crippen LogP contribution < -0.4 is 9.46 Å². The molecule has 1 aromatic carbocycles. The van der Waals surface area contributed by atoms with E-state index in [0.717, 1.165) is 22.6 Å². The summed E-state index contributed by atoms with van der Waals surface area (Å²) in [5, 5.41) is 0. The highest BCUT2D eigenvalue weighted by atomic mass is 32.2. The van der Waals surface area contributed by atoms with Gasteiger partial charge in [0, 0.05) is 30.7 Å². The zero-order valence-electron chi connectivity index (χ0n) is 14.8. The number of rotatable bonds is 9. The quantitative estimate of drug-likeness (QED) is 0.575. The number of nitrogens with zero attached hydrogens (tertiary/aromatic N) is 2. The molecular weight excluding hydrogens is 362 g/mol. The van der Waals surface area contributed by atoms with Crippen LogP contribution in [0.2, 0.25) is 0 Å². The van der Waals surface area contributed by atoms with Crippen molar-refractivity contribution in [1.29, 1.82) is 0 Å². The number of para-hydroxylation sites is 1. The molecule has 0 unspecified atom stereocenters. The van der Waals surface area contributed by atoms with Crippen molar-refractivity contribution in [1.82, 2.24) is 14.7 Å². The average molecular weight is 383 g/mol. The Morgan fingerprint density at radius 3 is 2.56 bits per heavy atom. The Bertz CT molecular complexity index is 948. The zero-order chi connectivity index (χ0) is 19.0. The van der Waals surface area contributed by atoms with Crippen LogP contribution in [0.3, 0.4) is 0 Å². The van der Waals surface area contributed by atoms with Gasteiger partial charge in [0.25, 0.3) is 0 Å². The molecule has 0 atom stereocenters. The predicted molar refractivity (Wildman–Crippen MR) is 105 cm³/mol. The lowest BCUT2D eigenvalue weighted by Crippen LogP contribution is -2.27. The van der Waals surface area contributed by atoms with E-state index in [9.17, 15) is 8.42 Å². The summed E-state index contributed by atoms with van der Waals surface area (Å²) in [5.41, 5.74) is 2.37. The summed E-state index contributed by atoms with van der Waals surface area (Å²) in [4.78, 5) is 8.46. The summed E-state index contributed by atoms with van der Waals surface area (Å²) in [6, 6.07) is 16.7. The molecule has 6 nitrogen and oxygen atoms in total. The standard InChI is InChI=1S/C20H21N3O3S/c24-27(25,14-6-13-26-19-9-2-1-3-10-19)23-16-18-8-5-12-22-20(18)17-7-4-11-21-15-17/h1-5,7-12,15,23H,6,13-14,16H2. The molecule has 0 saturated heterocycles. The van der Waals surface area contributed by atoms with Crippen molar-refractivity contribution >= 4 is 10.0 Å². The maximum Gasteiger partial charge on any atom is 0.212 e. The Kier molecular flexibility index (Phi) is 6.51. The lowest BCUT2D eigenvalue weighted by Gasteiger charge is -2.11. The monoisotopic (exact) mass is 383 g/mol. The number of hydrogen-bond acceptors (Lipinski definition) is 5. The number of aromatic nitrogens is 2. The zero-order valence-corrected chi connectivity index (χ0v) is 15.6. The van der Waals surface area contributed by atoms with Gasteiger partial charge in [-0.25, -0.2) is 13.1 Å². The summed E-state index contributed by atoms with van der Waals surface area (Å²) in [6.07, 6.45) is 5.49. The molecule has 0 fully saturated rings. The van der Waals surface area contributed by atoms with Crippen LogP contribution in [0.5, 0.6) is 5.75 Å². The Morgan fingerprint density at radius 1 is 0.963 bits per heavy atom. The summed E-state index contributed by atoms with van der Waals surface area (Å²) in [6.45, 7) is 0.526. The largest absolute Gasteiger partial charge is 0.494 e. The Balaban J connectivity index is 1.53. The molecule has 27 heavy (non-hydrogen) atoms. The highest BCUT2D eigenvalue weighted by Gasteiger charge is 2.13. The molecule has 7 heteroatoms. The minimum absolute atomic E-state index is 0.00230. The normalized spacial score (nSPS) is 11.3. The van der Waals surface area contributed by atoms with E-state index in [4.69, 9.17) is 4.74 Å². The Morgan fingerprint density at radius 2 is 1.78 bits per heavy atom. The van der Waals surface area contributed by atoms with Crippen molar-refractivity contribution in [2.45, 2.75) is 13.0 Å². The molecule has 0 aliphatic rings. The molecule has 140 valence electrons. The molecule has 2 heterocycles. The first-order chi connectivity index (χ1) is 13.1. The van der Waals surface area contributed by atoms with E-state index in [2.05, 4.69) is 14.7 Å². The summed E-state index contributed by atoms with van der Waals surface area (Å²) >= 11 is 0. The van der Waals surface area contributed by atoms with Gasteiger partial charge in [-0.2, -0.15) is 0 Å². The summed E-state index contributed by atoms with van der Waals surface area (Å²) in [7, 11) is -3.41. The first-order valence-corrected chi connectivity index (χ1v) is 10.3. The third-order valence-electron chi connectivity index (χ3n) is 3.88. The fourth-order valence-electron chi connectivity index (χ4n) is 2.56. The fourth-order valence-corrected chi connectivity index (χ4v) is 3.58. The molecule has 3 aromatic rings. The second kappa shape index (κ2) is 9.25. The molecule has 0 saturated carbocycles. The van der Waals surface area contributed by atoms with Crippen molar-refractivity contribution in [3.8, 4) is 17.0 Å². The first-order valence-electron chi connectivity index (χ1n) is 8.63. The van der Waals surface area contributed by atoms with E-state index in [1.807, 2.05) is 48.5 Å². The number of ether oxygens (including phenoxy) is 1. The van der Waals surface area contributed by atoms with E-state index in [0.29, 0.717) is 13.0 Å². The van der Waals surface area contributed by atoms with Gasteiger partial charge in [0.2, 0.25) is 10.0 Å². The third kappa shape index (κ3) is 5.87. The SMILES string of the molecule is O=S(=O)(CCCOc1ccccc1)NCc1cccnc1-c1cccnc1. The van der Waals surface area contributed by atoms with Crippen LogP contribution >= 0.6 is 0 Å². The number of nitrogens with one attached hydrogen (secondary N) is 1. The van der Waals surface area contributed by atoms with Crippen molar-refractivity contribution in [2.75, 3.05) is 12.4 Å². The third-order valence-corrected chi connectivity index (χ3v) is 5.29. The molecule has 3 rings (SSSR count). The van der Waals surface area contributed by atoms with Crippen LogP contribution in [0.1, 0.15) is 12.0 Å². The number of pyridine rings is 2. The minimum Gasteiger partial charge on any atom is -0.494 e. The lowest BCUT2D eigenvalue weighted by atomic mass is 10.1. The van der Waals surface area contributed by atoms with Crippen molar-refractivity contribution in [3.63, 3.8) is 0 Å². The molecule has 0 aliphatic carbocycles. The maximum atomic E-state index is 12.3. The molecule has 0 aliphatic heterocycles. The second-order valence-corrected chi connectivity index (χ2v) is 7.83. The van der Waals surface area contributed by atoms with Crippen LogP contribution in [0.15, 0.2) is 73.2 Å². The Labute approximate surface area is 159 Å². The van der Waals surface area contributed by atoms with Gasteiger partial charge < -0.3 is 4.74 Å². The topological polar surface area (TPSA) is 81.2 Å². The smallest absolute Gasteiger partial charge is 0.212 e. The van der Waals surface area contributed by atoms with E-state index in [1.54, 1.807) is 24.7 Å². The van der Waals surface area contributed by atoms with Gasteiger partial charge in [-0.05, 0) is 42.3 Å². The molecule has 0 radical (unpaired) electrons. The van der Waals surface area contributed by atoms with Gasteiger partial charge >= 0.3 is 0 Å². The number of benzene rings is 1. The molecule has 0 amide bonds. The maximum absolute atomic E-state index is 12.3. The van der Waals surface area contributed by atoms with Crippen molar-refractivity contribution in [2.24, 2.45) is 0 Å². The molecule has 1 N–H and O–H groups in total. The number of sulfonamides is 1. The molecule has 2 aromatic heterocycles. The highest BCUT2D eigenvalue weighted by Crippen LogP contribution is 2.20. The number of hydrogen-bond donors (Lipinski definition) is 1. The summed E-state index contributed by atoms with van der Waals surface area (Å²) < 4.78 is 32.7. The minimum atomic E-state index is -3.41. The van der Waals surface area contributed by atoms with Crippen LogP contribution in [-0.2, 0) is 16.6 Å². The Hall–Kier alpha value is -2.77. The van der Waals surface area contributed by atoms with Gasteiger partial charge in [0.05, 0.1) is 18.1 Å². The first kappa shape index (κ1) is 19.0. The van der Waals surface area contributed by atoms with Crippen molar-refractivity contribution < 1.29 is 13.2 Å². The van der Waals surface area contributed by atoms with E-state index in [1.165, 1.54) is 0 Å². The van der Waals surface area contributed by atoms with Gasteiger partial charge in [0.15, 0.2) is 0 Å². The fraction of sp³-hybridized carbons (Fsp3) is 0.200. The van der Waals surface area contributed by atoms with Crippen LogP contribution in [0, 0.1) is 0 Å². The summed E-state index contributed by atoms with van der Waals surface area (Å²) in [5.74, 6) is 0.738. The van der Waals surface area contributed by atoms with Gasteiger partial charge in [-0.3, -0.25) is 9.97 Å². The highest BCUT2D eigenvalue weighted by molar-refractivity contribution is 7.89. The van der Waals surface area contributed by atoms with Gasteiger partial charge in [-0.15, -0.1) is 0 Å². The lowest BCUT2D eigenvalue weighted by molar-refractivity contribution is 0.317. The average Bonchev–Trinajstić information content (AvgIpc) is 2.71. The van der Waals surface area contributed by atoms with Gasteiger partial charge in [-0.1, -0.05) is 24.3 Å². The van der Waals surface area contributed by atoms with E-state index < -0.39 is 10.0 Å². The predicted octanol–water partition coefficient (Wildman–Crippen LogP) is 3.03. The molecular formula is C20H21N3O3S.